The van der Waals surface area contributed by atoms with Crippen LogP contribution >= 0.6 is 0 Å². The van der Waals surface area contributed by atoms with Crippen LogP contribution in [0.4, 0.5) is 0 Å². The van der Waals surface area contributed by atoms with Crippen LogP contribution in [0.3, 0.4) is 0 Å². The Morgan fingerprint density at radius 1 is 0.795 bits per heavy atom. The highest BCUT2D eigenvalue weighted by atomic mass is 16.7. The highest BCUT2D eigenvalue weighted by Gasteiger charge is 2.32. The van der Waals surface area contributed by atoms with Gasteiger partial charge in [0.05, 0.1) is 33.4 Å². The number of piperazine rings is 1. The van der Waals surface area contributed by atoms with Gasteiger partial charge in [0.1, 0.15) is 6.54 Å². The molecule has 0 bridgehead atoms. The summed E-state index contributed by atoms with van der Waals surface area (Å²) in [7, 11) is 4.46. The Bertz CT molecular complexity index is 1170. The zero-order valence-electron chi connectivity index (χ0n) is 22.8. The van der Waals surface area contributed by atoms with Crippen molar-refractivity contribution in [2.45, 2.75) is 31.7 Å². The summed E-state index contributed by atoms with van der Waals surface area (Å²) >= 11 is 0. The molecule has 0 unspecified atom stereocenters. The Morgan fingerprint density at radius 3 is 1.79 bits per heavy atom. The summed E-state index contributed by atoms with van der Waals surface area (Å²) in [5.41, 5.74) is 2.75. The van der Waals surface area contributed by atoms with Crippen LogP contribution in [0.25, 0.3) is 0 Å². The predicted octanol–water partition coefficient (Wildman–Crippen LogP) is 4.56. The SMILES string of the molecule is COc1cc(C(=O)ON2CCN(C(CCc3ccccc3)CCc3ccccc3)C(=O)C2)cc(OC)c1OC. The minimum Gasteiger partial charge on any atom is -0.493 e. The second kappa shape index (κ2) is 13.7. The lowest BCUT2D eigenvalue weighted by atomic mass is 9.97. The molecule has 1 aliphatic heterocycles. The third-order valence-corrected chi connectivity index (χ3v) is 6.99. The maximum absolute atomic E-state index is 13.3. The Labute approximate surface area is 230 Å². The van der Waals surface area contributed by atoms with Crippen molar-refractivity contribution in [1.82, 2.24) is 9.96 Å². The van der Waals surface area contributed by atoms with E-state index in [0.29, 0.717) is 30.3 Å². The van der Waals surface area contributed by atoms with Crippen LogP contribution in [0.1, 0.15) is 34.3 Å². The number of hydrogen-bond acceptors (Lipinski definition) is 7. The van der Waals surface area contributed by atoms with Gasteiger partial charge in [-0.1, -0.05) is 60.7 Å². The van der Waals surface area contributed by atoms with Gasteiger partial charge in [-0.05, 0) is 48.9 Å². The lowest BCUT2D eigenvalue weighted by Gasteiger charge is -2.38. The van der Waals surface area contributed by atoms with Crippen LogP contribution in [0.5, 0.6) is 17.2 Å². The number of benzene rings is 3. The van der Waals surface area contributed by atoms with E-state index in [4.69, 9.17) is 19.0 Å². The Kier molecular flexibility index (Phi) is 9.80. The monoisotopic (exact) mass is 532 g/mol. The summed E-state index contributed by atoms with van der Waals surface area (Å²) in [6.07, 6.45) is 3.52. The standard InChI is InChI=1S/C31H36N2O6/c1-36-27-20-25(21-28(37-2)30(27)38-3)31(35)39-32-18-19-33(29(34)22-32)26(16-14-23-10-6-4-7-11-23)17-15-24-12-8-5-9-13-24/h4-13,20-21,26H,14-19,22H2,1-3H3. The minimum absolute atomic E-state index is 0.00331. The topological polar surface area (TPSA) is 77.5 Å². The molecule has 8 heteroatoms. The summed E-state index contributed by atoms with van der Waals surface area (Å²) in [4.78, 5) is 33.8. The normalized spacial score (nSPS) is 13.8. The predicted molar refractivity (Wildman–Crippen MR) is 148 cm³/mol. The number of ether oxygens (including phenoxy) is 3. The number of methoxy groups -OCH3 is 3. The summed E-state index contributed by atoms with van der Waals surface area (Å²) in [5.74, 6) is 0.441. The zero-order valence-corrected chi connectivity index (χ0v) is 22.8. The molecule has 0 aromatic heterocycles. The Balaban J connectivity index is 1.41. The highest BCUT2D eigenvalue weighted by Crippen LogP contribution is 2.38. The van der Waals surface area contributed by atoms with Gasteiger partial charge in [0.15, 0.2) is 11.5 Å². The van der Waals surface area contributed by atoms with E-state index in [2.05, 4.69) is 24.3 Å². The second-order valence-corrected chi connectivity index (χ2v) is 9.45. The van der Waals surface area contributed by atoms with E-state index in [9.17, 15) is 9.59 Å². The molecule has 0 N–H and O–H groups in total. The molecule has 1 heterocycles. The van der Waals surface area contributed by atoms with Crippen LogP contribution < -0.4 is 14.2 Å². The first-order chi connectivity index (χ1) is 19.0. The number of nitrogens with zero attached hydrogens (tertiary/aromatic N) is 2. The smallest absolute Gasteiger partial charge is 0.357 e. The quantitative estimate of drug-likeness (QED) is 0.338. The van der Waals surface area contributed by atoms with Gasteiger partial charge in [-0.25, -0.2) is 4.79 Å². The molecule has 4 rings (SSSR count). The molecule has 8 nitrogen and oxygen atoms in total. The van der Waals surface area contributed by atoms with Crippen molar-refractivity contribution in [3.8, 4) is 17.2 Å². The maximum Gasteiger partial charge on any atom is 0.357 e. The van der Waals surface area contributed by atoms with Crippen molar-refractivity contribution in [3.05, 3.63) is 89.5 Å². The molecule has 0 radical (unpaired) electrons. The van der Waals surface area contributed by atoms with E-state index in [-0.39, 0.29) is 24.1 Å². The molecule has 3 aromatic carbocycles. The van der Waals surface area contributed by atoms with E-state index in [0.717, 1.165) is 25.7 Å². The van der Waals surface area contributed by atoms with E-state index < -0.39 is 5.97 Å². The number of hydrogen-bond donors (Lipinski definition) is 0. The van der Waals surface area contributed by atoms with Gasteiger partial charge >= 0.3 is 5.97 Å². The van der Waals surface area contributed by atoms with Crippen molar-refractivity contribution in [3.63, 3.8) is 0 Å². The van der Waals surface area contributed by atoms with E-state index in [1.165, 1.54) is 49.7 Å². The summed E-state index contributed by atoms with van der Waals surface area (Å²) in [5, 5.41) is 1.43. The van der Waals surface area contributed by atoms with Crippen LogP contribution in [0.15, 0.2) is 72.8 Å². The number of carbonyl (C=O) groups excluding carboxylic acids is 2. The van der Waals surface area contributed by atoms with E-state index >= 15 is 0 Å². The average Bonchev–Trinajstić information content (AvgIpc) is 2.97. The molecule has 1 fully saturated rings. The molecule has 0 aliphatic carbocycles. The molecule has 3 aromatic rings. The largest absolute Gasteiger partial charge is 0.493 e. The lowest BCUT2D eigenvalue weighted by Crippen LogP contribution is -2.54. The summed E-state index contributed by atoms with van der Waals surface area (Å²) in [6.45, 7) is 0.911. The first-order valence-electron chi connectivity index (χ1n) is 13.2. The summed E-state index contributed by atoms with van der Waals surface area (Å²) in [6, 6.07) is 23.8. The maximum atomic E-state index is 13.3. The number of aryl methyl sites for hydroxylation is 2. The van der Waals surface area contributed by atoms with Crippen molar-refractivity contribution >= 4 is 11.9 Å². The zero-order chi connectivity index (χ0) is 27.6. The number of amides is 1. The molecule has 1 amide bonds. The van der Waals surface area contributed by atoms with E-state index in [1.54, 1.807) is 0 Å². The summed E-state index contributed by atoms with van der Waals surface area (Å²) < 4.78 is 16.0. The van der Waals surface area contributed by atoms with E-state index in [1.807, 2.05) is 41.3 Å². The molecule has 206 valence electrons. The Hall–Kier alpha value is -4.04. The lowest BCUT2D eigenvalue weighted by molar-refractivity contribution is -0.165. The van der Waals surface area contributed by atoms with Gasteiger partial charge in [0.25, 0.3) is 0 Å². The van der Waals surface area contributed by atoms with Crippen molar-refractivity contribution in [2.24, 2.45) is 0 Å². The van der Waals surface area contributed by atoms with Gasteiger partial charge in [0, 0.05) is 12.6 Å². The first-order valence-corrected chi connectivity index (χ1v) is 13.2. The van der Waals surface area contributed by atoms with Gasteiger partial charge in [0.2, 0.25) is 11.7 Å². The fraction of sp³-hybridized carbons (Fsp3) is 0.355. The average molecular weight is 533 g/mol. The number of hydroxylamine groups is 2. The van der Waals surface area contributed by atoms with Crippen LogP contribution in [0.2, 0.25) is 0 Å². The molecular weight excluding hydrogens is 496 g/mol. The first kappa shape index (κ1) is 28.0. The molecular formula is C31H36N2O6. The molecule has 39 heavy (non-hydrogen) atoms. The Morgan fingerprint density at radius 2 is 1.33 bits per heavy atom. The fourth-order valence-electron chi connectivity index (χ4n) is 4.91. The van der Waals surface area contributed by atoms with Gasteiger partial charge in [-0.15, -0.1) is 5.06 Å². The molecule has 0 atom stereocenters. The van der Waals surface area contributed by atoms with Gasteiger partial charge in [-0.3, -0.25) is 4.79 Å². The number of rotatable bonds is 12. The van der Waals surface area contributed by atoms with Gasteiger partial charge < -0.3 is 23.9 Å². The number of carbonyl (C=O) groups is 2. The molecule has 0 saturated carbocycles. The molecule has 0 spiro atoms. The van der Waals surface area contributed by atoms with Crippen LogP contribution in [-0.4, -0.2) is 68.8 Å². The van der Waals surface area contributed by atoms with Crippen molar-refractivity contribution in [1.29, 1.82) is 0 Å². The molecule has 1 aliphatic rings. The third-order valence-electron chi connectivity index (χ3n) is 6.99. The van der Waals surface area contributed by atoms with Crippen molar-refractivity contribution in [2.75, 3.05) is 41.0 Å². The van der Waals surface area contributed by atoms with Crippen LogP contribution in [0, 0.1) is 0 Å². The minimum atomic E-state index is -0.597. The highest BCUT2D eigenvalue weighted by molar-refractivity contribution is 5.91. The third kappa shape index (κ3) is 7.29. The van der Waals surface area contributed by atoms with Crippen LogP contribution in [-0.2, 0) is 22.5 Å². The van der Waals surface area contributed by atoms with Gasteiger partial charge in [-0.2, -0.15) is 0 Å². The molecule has 1 saturated heterocycles. The fourth-order valence-corrected chi connectivity index (χ4v) is 4.91. The van der Waals surface area contributed by atoms with Crippen molar-refractivity contribution < 1.29 is 28.6 Å². The second-order valence-electron chi connectivity index (χ2n) is 9.45.